The second-order valence-electron chi connectivity index (χ2n) is 7.25. The molecule has 0 aromatic rings. The summed E-state index contributed by atoms with van der Waals surface area (Å²) in [5, 5.41) is 13.6. The van der Waals surface area contributed by atoms with Crippen molar-refractivity contribution in [3.8, 4) is 0 Å². The minimum absolute atomic E-state index is 0.0945. The third-order valence-corrected chi connectivity index (χ3v) is 4.37. The van der Waals surface area contributed by atoms with Crippen molar-refractivity contribution in [3.05, 3.63) is 0 Å². The van der Waals surface area contributed by atoms with Crippen LogP contribution in [0.25, 0.3) is 0 Å². The van der Waals surface area contributed by atoms with E-state index in [0.29, 0.717) is 12.5 Å². The first-order valence-corrected chi connectivity index (χ1v) is 9.56. The number of thioether (sulfide) groups is 1. The van der Waals surface area contributed by atoms with E-state index in [-0.39, 0.29) is 23.4 Å². The van der Waals surface area contributed by atoms with Gasteiger partial charge in [0, 0.05) is 11.8 Å². The number of aliphatic hydroxyl groups is 1. The molecule has 2 N–H and O–H groups in total. The molecule has 0 aromatic heterocycles. The molecule has 0 radical (unpaired) electrons. The summed E-state index contributed by atoms with van der Waals surface area (Å²) in [4.78, 5) is 12.3. The normalized spacial score (nSPS) is 16.4. The SMILES string of the molecule is CCC[C@H](O)[C@H](CN[C@@H](CC(C)C)C(=O)OC(C)(C)C)SC. The summed E-state index contributed by atoms with van der Waals surface area (Å²) in [5.41, 5.74) is -0.478. The second kappa shape index (κ2) is 10.5. The molecule has 0 aliphatic rings. The van der Waals surface area contributed by atoms with Gasteiger partial charge in [-0.25, -0.2) is 0 Å². The summed E-state index contributed by atoms with van der Waals surface area (Å²) in [6.07, 6.45) is 4.13. The lowest BCUT2D eigenvalue weighted by atomic mass is 10.0. The zero-order valence-corrected chi connectivity index (χ0v) is 16.1. The van der Waals surface area contributed by atoms with E-state index in [1.54, 1.807) is 11.8 Å². The summed E-state index contributed by atoms with van der Waals surface area (Å²) in [6.45, 7) is 12.5. The van der Waals surface area contributed by atoms with Gasteiger partial charge in [0.2, 0.25) is 0 Å². The molecule has 132 valence electrons. The molecule has 0 aliphatic heterocycles. The lowest BCUT2D eigenvalue weighted by Crippen LogP contribution is -2.46. The van der Waals surface area contributed by atoms with E-state index in [2.05, 4.69) is 26.1 Å². The molecule has 5 heteroatoms. The predicted octanol–water partition coefficient (Wildman–Crippen LogP) is 3.23. The predicted molar refractivity (Wildman–Crippen MR) is 95.3 cm³/mol. The fourth-order valence-electron chi connectivity index (χ4n) is 2.22. The fourth-order valence-corrected chi connectivity index (χ4v) is 2.94. The van der Waals surface area contributed by atoms with Crippen molar-refractivity contribution in [2.24, 2.45) is 5.92 Å². The highest BCUT2D eigenvalue weighted by molar-refractivity contribution is 7.99. The van der Waals surface area contributed by atoms with Crippen LogP contribution in [-0.2, 0) is 9.53 Å². The van der Waals surface area contributed by atoms with Crippen LogP contribution in [0.2, 0.25) is 0 Å². The molecule has 0 amide bonds. The maximum Gasteiger partial charge on any atom is 0.323 e. The van der Waals surface area contributed by atoms with Gasteiger partial charge in [-0.3, -0.25) is 4.79 Å². The molecule has 0 saturated carbocycles. The van der Waals surface area contributed by atoms with Crippen LogP contribution in [0.4, 0.5) is 0 Å². The van der Waals surface area contributed by atoms with Crippen LogP contribution in [0, 0.1) is 5.92 Å². The lowest BCUT2D eigenvalue weighted by Gasteiger charge is -2.28. The smallest absolute Gasteiger partial charge is 0.323 e. The zero-order chi connectivity index (χ0) is 17.3. The number of carbonyl (C=O) groups is 1. The number of nitrogens with one attached hydrogen (secondary N) is 1. The summed E-state index contributed by atoms with van der Waals surface area (Å²) in [7, 11) is 0. The van der Waals surface area contributed by atoms with Crippen LogP contribution in [-0.4, -0.2) is 46.9 Å². The molecule has 0 saturated heterocycles. The average Bonchev–Trinajstić information content (AvgIpc) is 2.35. The maximum atomic E-state index is 12.3. The van der Waals surface area contributed by atoms with E-state index in [1.807, 2.05) is 27.0 Å². The highest BCUT2D eigenvalue weighted by atomic mass is 32.2. The Balaban J connectivity index is 4.67. The second-order valence-corrected chi connectivity index (χ2v) is 8.33. The molecule has 0 rings (SSSR count). The Morgan fingerprint density at radius 1 is 1.32 bits per heavy atom. The molecular weight excluding hydrogens is 298 g/mol. The van der Waals surface area contributed by atoms with Gasteiger partial charge in [0.25, 0.3) is 0 Å². The standard InChI is InChI=1S/C17H35NO3S/c1-8-9-14(19)15(22-7)11-18-13(10-12(2)3)16(20)21-17(4,5)6/h12-15,18-19H,8-11H2,1-7H3/t13-,14-,15-/m0/s1. The Morgan fingerprint density at radius 2 is 1.91 bits per heavy atom. The van der Waals surface area contributed by atoms with Crippen molar-refractivity contribution in [1.29, 1.82) is 0 Å². The quantitative estimate of drug-likeness (QED) is 0.601. The van der Waals surface area contributed by atoms with Crippen LogP contribution in [0.1, 0.15) is 60.8 Å². The van der Waals surface area contributed by atoms with Crippen molar-refractivity contribution >= 4 is 17.7 Å². The largest absolute Gasteiger partial charge is 0.459 e. The third-order valence-electron chi connectivity index (χ3n) is 3.28. The number of aliphatic hydroxyl groups excluding tert-OH is 1. The fraction of sp³-hybridized carbons (Fsp3) is 0.941. The van der Waals surface area contributed by atoms with E-state index in [1.165, 1.54) is 0 Å². The first-order valence-electron chi connectivity index (χ1n) is 8.27. The van der Waals surface area contributed by atoms with Gasteiger partial charge in [0.05, 0.1) is 6.10 Å². The Hall–Kier alpha value is -0.260. The Bertz CT molecular complexity index is 316. The van der Waals surface area contributed by atoms with Gasteiger partial charge in [-0.2, -0.15) is 11.8 Å². The lowest BCUT2D eigenvalue weighted by molar-refractivity contribution is -0.158. The Morgan fingerprint density at radius 3 is 2.32 bits per heavy atom. The van der Waals surface area contributed by atoms with E-state index in [4.69, 9.17) is 4.74 Å². The van der Waals surface area contributed by atoms with Gasteiger partial charge < -0.3 is 15.2 Å². The van der Waals surface area contributed by atoms with Crippen LogP contribution < -0.4 is 5.32 Å². The highest BCUT2D eigenvalue weighted by Crippen LogP contribution is 2.17. The molecule has 0 unspecified atom stereocenters. The van der Waals surface area contributed by atoms with Crippen LogP contribution >= 0.6 is 11.8 Å². The van der Waals surface area contributed by atoms with Gasteiger partial charge in [-0.05, 0) is 45.8 Å². The van der Waals surface area contributed by atoms with E-state index < -0.39 is 5.60 Å². The average molecular weight is 334 g/mol. The number of esters is 1. The molecule has 3 atom stereocenters. The molecule has 0 aliphatic carbocycles. The minimum atomic E-state index is -0.478. The summed E-state index contributed by atoms with van der Waals surface area (Å²) >= 11 is 1.64. The number of carbonyl (C=O) groups excluding carboxylic acids is 1. The summed E-state index contributed by atoms with van der Waals surface area (Å²) < 4.78 is 5.50. The molecule has 4 nitrogen and oxygen atoms in total. The number of hydrogen-bond acceptors (Lipinski definition) is 5. The molecule has 22 heavy (non-hydrogen) atoms. The number of hydrogen-bond donors (Lipinski definition) is 2. The Labute approximate surface area is 140 Å². The molecular formula is C17H35NO3S. The van der Waals surface area contributed by atoms with Crippen LogP contribution in [0.15, 0.2) is 0 Å². The van der Waals surface area contributed by atoms with Crippen molar-refractivity contribution in [3.63, 3.8) is 0 Å². The molecule has 0 heterocycles. The van der Waals surface area contributed by atoms with Crippen molar-refractivity contribution < 1.29 is 14.6 Å². The molecule has 0 spiro atoms. The van der Waals surface area contributed by atoms with Gasteiger partial charge in [0.1, 0.15) is 11.6 Å². The van der Waals surface area contributed by atoms with E-state index in [9.17, 15) is 9.90 Å². The van der Waals surface area contributed by atoms with Gasteiger partial charge >= 0.3 is 5.97 Å². The highest BCUT2D eigenvalue weighted by Gasteiger charge is 2.27. The monoisotopic (exact) mass is 333 g/mol. The van der Waals surface area contributed by atoms with Crippen LogP contribution in [0.3, 0.4) is 0 Å². The van der Waals surface area contributed by atoms with Gasteiger partial charge in [-0.1, -0.05) is 27.2 Å². The topological polar surface area (TPSA) is 58.6 Å². The van der Waals surface area contributed by atoms with Crippen molar-refractivity contribution in [2.45, 2.75) is 83.8 Å². The molecule has 0 bridgehead atoms. The minimum Gasteiger partial charge on any atom is -0.459 e. The maximum absolute atomic E-state index is 12.3. The first kappa shape index (κ1) is 21.7. The summed E-state index contributed by atoms with van der Waals surface area (Å²) in [6, 6.07) is -0.317. The third kappa shape index (κ3) is 9.70. The molecule has 0 aromatic carbocycles. The first-order chi connectivity index (χ1) is 10.1. The number of ether oxygens (including phenoxy) is 1. The van der Waals surface area contributed by atoms with E-state index in [0.717, 1.165) is 19.3 Å². The summed E-state index contributed by atoms with van der Waals surface area (Å²) in [5.74, 6) is 0.198. The van der Waals surface area contributed by atoms with E-state index >= 15 is 0 Å². The number of rotatable bonds is 10. The van der Waals surface area contributed by atoms with Crippen LogP contribution in [0.5, 0.6) is 0 Å². The van der Waals surface area contributed by atoms with Gasteiger partial charge in [-0.15, -0.1) is 0 Å². The van der Waals surface area contributed by atoms with Crippen molar-refractivity contribution in [2.75, 3.05) is 12.8 Å². The molecule has 0 fully saturated rings. The van der Waals surface area contributed by atoms with Crippen molar-refractivity contribution in [1.82, 2.24) is 5.32 Å². The Kier molecular flexibility index (Phi) is 10.4. The van der Waals surface area contributed by atoms with Gasteiger partial charge in [0.15, 0.2) is 0 Å². The zero-order valence-electron chi connectivity index (χ0n) is 15.3.